The van der Waals surface area contributed by atoms with Crippen molar-refractivity contribution in [1.82, 2.24) is 10.0 Å². The summed E-state index contributed by atoms with van der Waals surface area (Å²) in [6.45, 7) is 4.06. The minimum Gasteiger partial charge on any atom is -0.306 e. The maximum Gasteiger partial charge on any atom is 0.264 e. The molecule has 1 atom stereocenters. The molecular formula is C15H18N2O3S. The van der Waals surface area contributed by atoms with Gasteiger partial charge in [0.25, 0.3) is 15.9 Å². The van der Waals surface area contributed by atoms with Gasteiger partial charge in [-0.2, -0.15) is 0 Å². The molecule has 1 unspecified atom stereocenters. The second-order valence-corrected chi connectivity index (χ2v) is 6.44. The van der Waals surface area contributed by atoms with E-state index in [1.54, 1.807) is 19.1 Å². The summed E-state index contributed by atoms with van der Waals surface area (Å²) >= 11 is 0. The van der Waals surface area contributed by atoms with Crippen LogP contribution in [0.3, 0.4) is 0 Å². The van der Waals surface area contributed by atoms with Gasteiger partial charge in [-0.15, -0.1) is 0 Å². The van der Waals surface area contributed by atoms with Crippen LogP contribution in [0, 0.1) is 0 Å². The summed E-state index contributed by atoms with van der Waals surface area (Å²) in [6.07, 6.45) is 0. The smallest absolute Gasteiger partial charge is 0.264 e. The highest BCUT2D eigenvalue weighted by atomic mass is 32.2. The molecule has 21 heavy (non-hydrogen) atoms. The molecule has 6 heteroatoms. The Balaban J connectivity index is 2.27. The lowest BCUT2D eigenvalue weighted by Gasteiger charge is -2.13. The first kappa shape index (κ1) is 15.5. The van der Waals surface area contributed by atoms with Crippen molar-refractivity contribution in [3.63, 3.8) is 0 Å². The van der Waals surface area contributed by atoms with Gasteiger partial charge in [-0.05, 0) is 36.4 Å². The Morgan fingerprint density at radius 3 is 2.48 bits per heavy atom. The number of carbonyl (C=O) groups is 1. The maximum atomic E-state index is 12.2. The first-order valence-electron chi connectivity index (χ1n) is 6.73. The molecule has 112 valence electrons. The van der Waals surface area contributed by atoms with Gasteiger partial charge in [0.05, 0.1) is 10.9 Å². The summed E-state index contributed by atoms with van der Waals surface area (Å²) < 4.78 is 26.6. The van der Waals surface area contributed by atoms with Crippen molar-refractivity contribution in [2.45, 2.75) is 24.8 Å². The quantitative estimate of drug-likeness (QED) is 0.880. The number of amides is 1. The molecule has 0 saturated heterocycles. The zero-order chi connectivity index (χ0) is 15.5. The van der Waals surface area contributed by atoms with E-state index in [0.717, 1.165) is 10.8 Å². The highest BCUT2D eigenvalue weighted by molar-refractivity contribution is 7.90. The van der Waals surface area contributed by atoms with Gasteiger partial charge < -0.3 is 5.32 Å². The number of hydrogen-bond donors (Lipinski definition) is 2. The molecule has 2 rings (SSSR count). The molecule has 0 aromatic heterocycles. The van der Waals surface area contributed by atoms with E-state index in [1.165, 1.54) is 6.07 Å². The molecule has 0 radical (unpaired) electrons. The van der Waals surface area contributed by atoms with Gasteiger partial charge in [0.1, 0.15) is 0 Å². The van der Waals surface area contributed by atoms with Crippen molar-refractivity contribution in [1.29, 1.82) is 0 Å². The van der Waals surface area contributed by atoms with Crippen molar-refractivity contribution < 1.29 is 13.2 Å². The summed E-state index contributed by atoms with van der Waals surface area (Å²) in [5.74, 6) is -0.565. The largest absolute Gasteiger partial charge is 0.306 e. The van der Waals surface area contributed by atoms with Crippen molar-refractivity contribution in [2.24, 2.45) is 0 Å². The lowest BCUT2D eigenvalue weighted by Crippen LogP contribution is -2.44. The molecule has 0 aliphatic rings. The summed E-state index contributed by atoms with van der Waals surface area (Å²) in [4.78, 5) is 11.9. The van der Waals surface area contributed by atoms with E-state index < -0.39 is 22.0 Å². The highest BCUT2D eigenvalue weighted by Gasteiger charge is 2.21. The molecule has 2 aromatic rings. The summed E-state index contributed by atoms with van der Waals surface area (Å²) in [5, 5.41) is 4.63. The van der Waals surface area contributed by atoms with Crippen molar-refractivity contribution in [3.8, 4) is 0 Å². The molecule has 2 N–H and O–H groups in total. The lowest BCUT2D eigenvalue weighted by atomic mass is 10.1. The third-order valence-electron chi connectivity index (χ3n) is 3.17. The molecule has 0 fully saturated rings. The molecule has 1 amide bonds. The Bertz CT molecular complexity index is 756. The normalized spacial score (nSPS) is 13.0. The number of rotatable bonds is 5. The van der Waals surface area contributed by atoms with E-state index >= 15 is 0 Å². The number of likely N-dealkylation sites (N-methyl/N-ethyl adjacent to an activating group) is 1. The molecule has 0 bridgehead atoms. The zero-order valence-corrected chi connectivity index (χ0v) is 12.8. The topological polar surface area (TPSA) is 75.3 Å². The summed E-state index contributed by atoms with van der Waals surface area (Å²) in [5.41, 5.74) is 0. The molecule has 0 aliphatic heterocycles. The highest BCUT2D eigenvalue weighted by Crippen LogP contribution is 2.18. The standard InChI is InChI=1S/C15H18N2O3S/c1-3-16-11(2)15(18)17-21(19,20)14-9-8-12-6-4-5-7-13(12)10-14/h4-11,16H,3H2,1-2H3,(H,17,18). The van der Waals surface area contributed by atoms with Gasteiger partial charge in [0.2, 0.25) is 0 Å². The lowest BCUT2D eigenvalue weighted by molar-refractivity contribution is -0.120. The van der Waals surface area contributed by atoms with Crippen LogP contribution in [0.4, 0.5) is 0 Å². The van der Waals surface area contributed by atoms with Crippen LogP contribution in [-0.4, -0.2) is 26.9 Å². The second kappa shape index (κ2) is 6.24. The summed E-state index contributed by atoms with van der Waals surface area (Å²) in [7, 11) is -3.85. The molecule has 2 aromatic carbocycles. The van der Waals surface area contributed by atoms with E-state index in [0.29, 0.717) is 6.54 Å². The van der Waals surface area contributed by atoms with Crippen molar-refractivity contribution in [3.05, 3.63) is 42.5 Å². The van der Waals surface area contributed by atoms with Gasteiger partial charge in [-0.1, -0.05) is 37.3 Å². The van der Waals surface area contributed by atoms with Crippen LogP contribution >= 0.6 is 0 Å². The van der Waals surface area contributed by atoms with Crippen molar-refractivity contribution >= 4 is 26.7 Å². The number of carbonyl (C=O) groups excluding carboxylic acids is 1. The van der Waals surface area contributed by atoms with E-state index in [2.05, 4.69) is 10.0 Å². The fourth-order valence-electron chi connectivity index (χ4n) is 2.01. The Kier molecular flexibility index (Phi) is 4.59. The minimum atomic E-state index is -3.85. The van der Waals surface area contributed by atoms with Gasteiger partial charge in [-0.25, -0.2) is 13.1 Å². The minimum absolute atomic E-state index is 0.0817. The van der Waals surface area contributed by atoms with E-state index in [1.807, 2.05) is 31.2 Å². The van der Waals surface area contributed by atoms with Crippen LogP contribution in [-0.2, 0) is 14.8 Å². The van der Waals surface area contributed by atoms with Gasteiger partial charge in [0, 0.05) is 0 Å². The van der Waals surface area contributed by atoms with Crippen LogP contribution in [0.5, 0.6) is 0 Å². The number of fused-ring (bicyclic) bond motifs is 1. The zero-order valence-electron chi connectivity index (χ0n) is 12.0. The Labute approximate surface area is 124 Å². The predicted molar refractivity (Wildman–Crippen MR) is 82.4 cm³/mol. The van der Waals surface area contributed by atoms with Gasteiger partial charge in [0.15, 0.2) is 0 Å². The number of sulfonamides is 1. The molecule has 0 spiro atoms. The van der Waals surface area contributed by atoms with Crippen LogP contribution < -0.4 is 10.0 Å². The molecule has 5 nitrogen and oxygen atoms in total. The third kappa shape index (κ3) is 3.59. The molecule has 0 saturated carbocycles. The number of nitrogens with one attached hydrogen (secondary N) is 2. The first-order valence-corrected chi connectivity index (χ1v) is 8.21. The molecule has 0 aliphatic carbocycles. The Morgan fingerprint density at radius 1 is 1.14 bits per heavy atom. The predicted octanol–water partition coefficient (Wildman–Crippen LogP) is 1.64. The fourth-order valence-corrected chi connectivity index (χ4v) is 3.10. The van der Waals surface area contributed by atoms with E-state index in [9.17, 15) is 13.2 Å². The van der Waals surface area contributed by atoms with Crippen LogP contribution in [0.1, 0.15) is 13.8 Å². The Hall–Kier alpha value is -1.92. The van der Waals surface area contributed by atoms with Gasteiger partial charge >= 0.3 is 0 Å². The molecular weight excluding hydrogens is 288 g/mol. The van der Waals surface area contributed by atoms with E-state index in [-0.39, 0.29) is 4.90 Å². The number of benzene rings is 2. The van der Waals surface area contributed by atoms with Crippen LogP contribution in [0.25, 0.3) is 10.8 Å². The third-order valence-corrected chi connectivity index (χ3v) is 4.51. The first-order chi connectivity index (χ1) is 9.94. The fraction of sp³-hybridized carbons (Fsp3) is 0.267. The van der Waals surface area contributed by atoms with E-state index in [4.69, 9.17) is 0 Å². The van der Waals surface area contributed by atoms with Crippen LogP contribution in [0.2, 0.25) is 0 Å². The average Bonchev–Trinajstić information content (AvgIpc) is 2.46. The summed E-state index contributed by atoms with van der Waals surface area (Å²) in [6, 6.07) is 11.7. The SMILES string of the molecule is CCNC(C)C(=O)NS(=O)(=O)c1ccc2ccccc2c1. The van der Waals surface area contributed by atoms with Crippen LogP contribution in [0.15, 0.2) is 47.4 Å². The second-order valence-electron chi connectivity index (χ2n) is 4.76. The van der Waals surface area contributed by atoms with Gasteiger partial charge in [-0.3, -0.25) is 4.79 Å². The van der Waals surface area contributed by atoms with Crippen molar-refractivity contribution in [2.75, 3.05) is 6.54 Å². The molecule has 0 heterocycles. The number of hydrogen-bond acceptors (Lipinski definition) is 4. The maximum absolute atomic E-state index is 12.2. The Morgan fingerprint density at radius 2 is 1.81 bits per heavy atom. The monoisotopic (exact) mass is 306 g/mol. The average molecular weight is 306 g/mol.